The average Bonchev–Trinajstić information content (AvgIpc) is 2.75. The Labute approximate surface area is 119 Å². The molecule has 0 bridgehead atoms. The van der Waals surface area contributed by atoms with Crippen LogP contribution >= 0.6 is 11.3 Å². The smallest absolute Gasteiger partial charge is 0.357 e. The summed E-state index contributed by atoms with van der Waals surface area (Å²) in [4.78, 5) is 21.3. The van der Waals surface area contributed by atoms with Crippen molar-refractivity contribution in [2.75, 3.05) is 45.7 Å². The van der Waals surface area contributed by atoms with Crippen LogP contribution in [0.5, 0.6) is 0 Å². The Balaban J connectivity index is 2.87. The first-order valence-corrected chi connectivity index (χ1v) is 7.26. The summed E-state index contributed by atoms with van der Waals surface area (Å²) < 4.78 is 4.75. The number of carbonyl (C=O) groups is 1. The van der Waals surface area contributed by atoms with Crippen molar-refractivity contribution < 1.29 is 9.53 Å². The Hall–Kier alpha value is -1.14. The van der Waals surface area contributed by atoms with Crippen LogP contribution in [0.2, 0.25) is 0 Å². The number of hydrogen-bond acceptors (Lipinski definition) is 6. The van der Waals surface area contributed by atoms with Gasteiger partial charge in [-0.2, -0.15) is 0 Å². The van der Waals surface area contributed by atoms with Crippen LogP contribution in [0.15, 0.2) is 0 Å². The Kier molecular flexibility index (Phi) is 6.24. The monoisotopic (exact) mass is 285 g/mol. The average molecular weight is 285 g/mol. The van der Waals surface area contributed by atoms with E-state index in [1.807, 2.05) is 6.92 Å². The van der Waals surface area contributed by atoms with E-state index >= 15 is 0 Å². The van der Waals surface area contributed by atoms with Crippen molar-refractivity contribution in [3.8, 4) is 0 Å². The van der Waals surface area contributed by atoms with Crippen molar-refractivity contribution in [3.05, 3.63) is 10.6 Å². The summed E-state index contributed by atoms with van der Waals surface area (Å²) in [5.74, 6) is -0.357. The highest BCUT2D eigenvalue weighted by Gasteiger charge is 2.19. The number of likely N-dealkylation sites (N-methyl/N-ethyl adjacent to an activating group) is 1. The highest BCUT2D eigenvalue weighted by atomic mass is 32.1. The van der Waals surface area contributed by atoms with Gasteiger partial charge in [0.2, 0.25) is 0 Å². The standard InChI is InChI=1S/C13H23N3O2S/c1-6-7-16(9-8-15(3)4)13-14-11(10(2)19-13)12(17)18-5/h6-9H2,1-5H3. The number of hydrogen-bond donors (Lipinski definition) is 0. The van der Waals surface area contributed by atoms with E-state index in [1.54, 1.807) is 11.3 Å². The SMILES string of the molecule is CCCN(CCN(C)C)c1nc(C(=O)OC)c(C)s1. The Morgan fingerprint density at radius 2 is 2.00 bits per heavy atom. The summed E-state index contributed by atoms with van der Waals surface area (Å²) in [5, 5.41) is 0.904. The number of carbonyl (C=O) groups excluding carboxylic acids is 1. The normalized spacial score (nSPS) is 10.8. The molecule has 0 aromatic carbocycles. The van der Waals surface area contributed by atoms with E-state index in [9.17, 15) is 4.79 Å². The maximum Gasteiger partial charge on any atom is 0.357 e. The van der Waals surface area contributed by atoms with E-state index in [2.05, 4.69) is 35.8 Å². The zero-order chi connectivity index (χ0) is 14.4. The Morgan fingerprint density at radius 3 is 2.53 bits per heavy atom. The first kappa shape index (κ1) is 15.9. The highest BCUT2D eigenvalue weighted by molar-refractivity contribution is 7.15. The highest BCUT2D eigenvalue weighted by Crippen LogP contribution is 2.26. The minimum Gasteiger partial charge on any atom is -0.464 e. The molecule has 0 amide bonds. The molecule has 1 aromatic heterocycles. The second kappa shape index (κ2) is 7.45. The maximum absolute atomic E-state index is 11.6. The lowest BCUT2D eigenvalue weighted by atomic mass is 10.4. The van der Waals surface area contributed by atoms with E-state index < -0.39 is 0 Å². The van der Waals surface area contributed by atoms with Crippen LogP contribution in [0.4, 0.5) is 5.13 Å². The van der Waals surface area contributed by atoms with Gasteiger partial charge in [0.15, 0.2) is 10.8 Å². The third kappa shape index (κ3) is 4.47. The molecule has 0 aliphatic carbocycles. The van der Waals surface area contributed by atoms with Gasteiger partial charge in [0, 0.05) is 24.5 Å². The zero-order valence-electron chi connectivity index (χ0n) is 12.4. The molecule has 0 radical (unpaired) electrons. The lowest BCUT2D eigenvalue weighted by Crippen LogP contribution is -2.32. The van der Waals surface area contributed by atoms with Crippen molar-refractivity contribution >= 4 is 22.4 Å². The molecule has 1 heterocycles. The second-order valence-electron chi connectivity index (χ2n) is 4.68. The molecule has 0 N–H and O–H groups in total. The molecule has 0 saturated heterocycles. The minimum atomic E-state index is -0.357. The lowest BCUT2D eigenvalue weighted by Gasteiger charge is -2.23. The molecule has 0 atom stereocenters. The summed E-state index contributed by atoms with van der Waals surface area (Å²) in [7, 11) is 5.49. The van der Waals surface area contributed by atoms with Gasteiger partial charge in [0.25, 0.3) is 0 Å². The molecule has 1 rings (SSSR count). The first-order valence-electron chi connectivity index (χ1n) is 6.45. The van der Waals surface area contributed by atoms with Crippen LogP contribution in [-0.2, 0) is 4.74 Å². The van der Waals surface area contributed by atoms with Crippen molar-refractivity contribution in [1.29, 1.82) is 0 Å². The zero-order valence-corrected chi connectivity index (χ0v) is 13.2. The predicted octanol–water partition coefficient (Wildman–Crippen LogP) is 2.02. The molecule has 19 heavy (non-hydrogen) atoms. The summed E-state index contributed by atoms with van der Waals surface area (Å²) in [5.41, 5.74) is 0.438. The summed E-state index contributed by atoms with van der Waals surface area (Å²) >= 11 is 1.55. The summed E-state index contributed by atoms with van der Waals surface area (Å²) in [6.07, 6.45) is 1.06. The minimum absolute atomic E-state index is 0.357. The van der Waals surface area contributed by atoms with Crippen LogP contribution in [0.25, 0.3) is 0 Å². The van der Waals surface area contributed by atoms with E-state index in [0.717, 1.165) is 36.1 Å². The molecule has 108 valence electrons. The number of rotatable bonds is 7. The number of ether oxygens (including phenoxy) is 1. The maximum atomic E-state index is 11.6. The number of anilines is 1. The van der Waals surface area contributed by atoms with Gasteiger partial charge in [0.1, 0.15) is 0 Å². The first-order chi connectivity index (χ1) is 8.99. The molecule has 0 saturated carbocycles. The molecule has 5 nitrogen and oxygen atoms in total. The fraction of sp³-hybridized carbons (Fsp3) is 0.692. The molecule has 1 aromatic rings. The quantitative estimate of drug-likeness (QED) is 0.717. The lowest BCUT2D eigenvalue weighted by molar-refractivity contribution is 0.0594. The van der Waals surface area contributed by atoms with Crippen molar-refractivity contribution in [3.63, 3.8) is 0 Å². The van der Waals surface area contributed by atoms with Crippen molar-refractivity contribution in [1.82, 2.24) is 9.88 Å². The van der Waals surface area contributed by atoms with Crippen molar-refractivity contribution in [2.24, 2.45) is 0 Å². The Morgan fingerprint density at radius 1 is 1.32 bits per heavy atom. The summed E-state index contributed by atoms with van der Waals surface area (Å²) in [6, 6.07) is 0. The fourth-order valence-corrected chi connectivity index (χ4v) is 2.65. The fourth-order valence-electron chi connectivity index (χ4n) is 1.70. The summed E-state index contributed by atoms with van der Waals surface area (Å²) in [6.45, 7) is 6.87. The predicted molar refractivity (Wildman–Crippen MR) is 79.2 cm³/mol. The van der Waals surface area contributed by atoms with Crippen LogP contribution in [0.1, 0.15) is 28.7 Å². The largest absolute Gasteiger partial charge is 0.464 e. The van der Waals surface area contributed by atoms with E-state index in [-0.39, 0.29) is 5.97 Å². The van der Waals surface area contributed by atoms with Crippen molar-refractivity contribution in [2.45, 2.75) is 20.3 Å². The van der Waals surface area contributed by atoms with Gasteiger partial charge in [-0.1, -0.05) is 6.92 Å². The van der Waals surface area contributed by atoms with E-state index in [0.29, 0.717) is 5.69 Å². The van der Waals surface area contributed by atoms with Gasteiger partial charge in [-0.3, -0.25) is 0 Å². The molecule has 0 aliphatic heterocycles. The van der Waals surface area contributed by atoms with Gasteiger partial charge in [0.05, 0.1) is 7.11 Å². The topological polar surface area (TPSA) is 45.7 Å². The van der Waals surface area contributed by atoms with Gasteiger partial charge >= 0.3 is 5.97 Å². The van der Waals surface area contributed by atoms with Crippen LogP contribution in [0, 0.1) is 6.92 Å². The molecule has 0 aliphatic rings. The van der Waals surface area contributed by atoms with Gasteiger partial charge in [-0.25, -0.2) is 9.78 Å². The van der Waals surface area contributed by atoms with Gasteiger partial charge in [-0.05, 0) is 27.4 Å². The molecule has 0 unspecified atom stereocenters. The van der Waals surface area contributed by atoms with Gasteiger partial charge < -0.3 is 14.5 Å². The number of nitrogens with zero attached hydrogens (tertiary/aromatic N) is 3. The third-order valence-electron chi connectivity index (χ3n) is 2.75. The van der Waals surface area contributed by atoms with Crippen LogP contribution < -0.4 is 4.90 Å². The number of esters is 1. The van der Waals surface area contributed by atoms with Gasteiger partial charge in [-0.15, -0.1) is 11.3 Å². The molecule has 0 spiro atoms. The molecular formula is C13H23N3O2S. The number of thiazole rings is 1. The number of aryl methyl sites for hydroxylation is 1. The second-order valence-corrected chi connectivity index (χ2v) is 5.86. The molecule has 0 fully saturated rings. The molecule has 6 heteroatoms. The Bertz CT molecular complexity index is 418. The number of methoxy groups -OCH3 is 1. The van der Waals surface area contributed by atoms with E-state index in [1.165, 1.54) is 7.11 Å². The molecular weight excluding hydrogens is 262 g/mol. The third-order valence-corrected chi connectivity index (χ3v) is 3.78. The van der Waals surface area contributed by atoms with Crippen LogP contribution in [0.3, 0.4) is 0 Å². The number of aromatic nitrogens is 1. The van der Waals surface area contributed by atoms with Crippen LogP contribution in [-0.4, -0.2) is 56.7 Å². The van der Waals surface area contributed by atoms with E-state index in [4.69, 9.17) is 4.74 Å².